The zero-order valence-corrected chi connectivity index (χ0v) is 20.2. The molecule has 0 nitrogen and oxygen atoms in total. The molecule has 0 unspecified atom stereocenters. The number of hydrogen-bond acceptors (Lipinski definition) is 0. The second-order valence-electron chi connectivity index (χ2n) is 9.43. The summed E-state index contributed by atoms with van der Waals surface area (Å²) in [5.74, 6) is 0. The lowest BCUT2D eigenvalue weighted by atomic mass is 8.29. The molecule has 0 aromatic heterocycles. The molecule has 0 saturated heterocycles. The van der Waals surface area contributed by atoms with Crippen molar-refractivity contribution in [1.29, 1.82) is 0 Å². The smallest absolute Gasteiger partial charge is 0.000000000000171 e. The first-order valence-corrected chi connectivity index (χ1v) is 11.3. The molecule has 0 spiro atoms. The molecule has 35 heteroatoms. The summed E-state index contributed by atoms with van der Waals surface area (Å²) < 4.78 is 0. The molecule has 0 saturated carbocycles. The Labute approximate surface area is 247 Å². The van der Waals surface area contributed by atoms with Crippen molar-refractivity contribution in [2.45, 2.75) is 0 Å². The molecule has 0 atom stereocenters. The van der Waals surface area contributed by atoms with E-state index in [0.29, 0.717) is 0 Å². The minimum atomic E-state index is -1.13. The van der Waals surface area contributed by atoms with Crippen molar-refractivity contribution in [2.75, 3.05) is 0 Å². The Bertz CT molecular complexity index is 482. The normalized spacial score (nSPS) is 9.54. The van der Waals surface area contributed by atoms with E-state index in [1.54, 1.807) is 0 Å². The van der Waals surface area contributed by atoms with Crippen molar-refractivity contribution in [3.8, 4) is 0 Å². The van der Waals surface area contributed by atoms with Crippen molar-refractivity contribution >= 4 is 248 Å². The first-order chi connectivity index (χ1) is 15.9. The van der Waals surface area contributed by atoms with E-state index >= 15 is 0 Å². The molecule has 0 aromatic rings. The second-order valence-corrected chi connectivity index (χ2v) is 9.43. The summed E-state index contributed by atoms with van der Waals surface area (Å²) in [6.07, 6.45) is -16.4. The van der Waals surface area contributed by atoms with E-state index in [2.05, 4.69) is 0 Å². The highest BCUT2D eigenvalue weighted by Gasteiger charge is 2.53. The molecule has 0 bridgehead atoms. The van der Waals surface area contributed by atoms with Crippen molar-refractivity contribution in [1.82, 2.24) is 0 Å². The van der Waals surface area contributed by atoms with Crippen molar-refractivity contribution in [2.24, 2.45) is 0 Å². The van der Waals surface area contributed by atoms with E-state index in [1.165, 1.54) is 7.06 Å². The summed E-state index contributed by atoms with van der Waals surface area (Å²) in [5.41, 5.74) is 0. The van der Waals surface area contributed by atoms with Crippen molar-refractivity contribution < 1.29 is 0 Å². The Morgan fingerprint density at radius 3 is 0.743 bits per heavy atom. The SMILES string of the molecule is [B]B([B])B(B([B])[B])B(B(B([B])[B])B([B])[B])B(B(B([B])[B])B([B])[B])B(B([B])[B][B-])B(B([B])[B])B([B])[B-]. The van der Waals surface area contributed by atoms with Gasteiger partial charge in [-0.25, -0.2) is 6.39 Å². The van der Waals surface area contributed by atoms with Crippen LogP contribution < -0.4 is 0 Å². The summed E-state index contributed by atoms with van der Waals surface area (Å²) in [6.45, 7) is 0. The molecule has 39 radical (unpaired) electrons. The minimum Gasteiger partial charge on any atom is -0.690 e. The molecule has 0 aliphatic heterocycles. The highest BCUT2D eigenvalue weighted by atomic mass is 13.4. The molecule has 0 rings (SSSR count). The van der Waals surface area contributed by atoms with E-state index in [4.69, 9.17) is 139 Å². The fraction of sp³-hybridized carbons (Fsp3) is 0. The van der Waals surface area contributed by atoms with Crippen LogP contribution in [0.5, 0.6) is 0 Å². The molecule has 0 amide bonds. The van der Waals surface area contributed by atoms with E-state index in [0.717, 1.165) is 0 Å². The van der Waals surface area contributed by atoms with Gasteiger partial charge in [-0.05, 0) is 220 Å². The molecule has 0 heterocycles. The molecule has 0 aromatic carbocycles. The van der Waals surface area contributed by atoms with Crippen molar-refractivity contribution in [3.63, 3.8) is 0 Å². The first kappa shape index (κ1) is 37.3. The average molecular weight is 378 g/mol. The maximum Gasteiger partial charge on any atom is -0.000000000000171 e. The third-order valence-corrected chi connectivity index (χ3v) is 6.89. The van der Waals surface area contributed by atoms with Gasteiger partial charge in [-0.2, -0.15) is 0 Å². The fourth-order valence-corrected chi connectivity index (χ4v) is 5.52. The molecule has 0 fully saturated rings. The van der Waals surface area contributed by atoms with E-state index in [9.17, 15) is 0 Å². The Morgan fingerprint density at radius 2 is 0.571 bits per heavy atom. The predicted molar refractivity (Wildman–Crippen MR) is 201 cm³/mol. The zero-order chi connectivity index (χ0) is 27.9. The van der Waals surface area contributed by atoms with Gasteiger partial charge in [0, 0.05) is 0 Å². The van der Waals surface area contributed by atoms with Gasteiger partial charge in [-0.1, -0.05) is 0 Å². The quantitative estimate of drug-likeness (QED) is 0.234. The van der Waals surface area contributed by atoms with Crippen LogP contribution >= 0.6 is 0 Å². The van der Waals surface area contributed by atoms with Gasteiger partial charge in [0.25, 0.3) is 0 Å². The van der Waals surface area contributed by atoms with Crippen LogP contribution in [-0.2, 0) is 0 Å². The standard InChI is InChI=1S/B35/c1-19-28(18)33(29(20(2)3)21(4)5)35(32(26(14)15)27(16)17)34(30(22(6)7)23(8)9)31(24(10)11)25(12)13/q-2. The maximum atomic E-state index is 6.46. The lowest BCUT2D eigenvalue weighted by Crippen LogP contribution is -2.90. The van der Waals surface area contributed by atoms with Gasteiger partial charge in [0.1, 0.15) is 0 Å². The third-order valence-electron chi connectivity index (χ3n) is 6.89. The Morgan fingerprint density at radius 1 is 0.343 bits per heavy atom. The monoisotopic (exact) mass is 385 g/mol. The van der Waals surface area contributed by atoms with Crippen LogP contribution in [0.2, 0.25) is 0 Å². The number of rotatable bonds is 16. The van der Waals surface area contributed by atoms with E-state index < -0.39 is 102 Å². The van der Waals surface area contributed by atoms with E-state index in [1.807, 2.05) is 0 Å². The van der Waals surface area contributed by atoms with Gasteiger partial charge in [-0.3, -0.25) is 7.06 Å². The summed E-state index contributed by atoms with van der Waals surface area (Å²) >= 11 is 0. The van der Waals surface area contributed by atoms with Gasteiger partial charge in [-0.15, -0.1) is 0 Å². The second kappa shape index (κ2) is 17.2. The molecule has 107 valence electrons. The Balaban J connectivity index is 7.70. The summed E-state index contributed by atoms with van der Waals surface area (Å²) in [6, 6.07) is 0. The highest BCUT2D eigenvalue weighted by Crippen LogP contribution is 2.16. The Kier molecular flexibility index (Phi) is 18.3. The maximum absolute atomic E-state index is 6.46. The van der Waals surface area contributed by atoms with Crippen LogP contribution in [0.15, 0.2) is 0 Å². The Hall–Kier alpha value is 2.27. The summed E-state index contributed by atoms with van der Waals surface area (Å²) in [5, 5.41) is 0. The summed E-state index contributed by atoms with van der Waals surface area (Å²) in [7, 11) is 112. The van der Waals surface area contributed by atoms with Gasteiger partial charge >= 0.3 is 0 Å². The lowest BCUT2D eigenvalue weighted by Gasteiger charge is -2.54. The van der Waals surface area contributed by atoms with Crippen LogP contribution in [0.1, 0.15) is 0 Å². The molecule has 0 N–H and O–H groups in total. The average Bonchev–Trinajstić information content (AvgIpc) is 2.66. The molecular weight excluding hydrogens is 378 g/mol. The number of hydrogen-bond donors (Lipinski definition) is 0. The predicted octanol–water partition coefficient (Wildman–Crippen LogP) is -13.3. The van der Waals surface area contributed by atoms with Crippen LogP contribution in [-0.4, -0.2) is 248 Å². The van der Waals surface area contributed by atoms with Gasteiger partial charge in [0.2, 0.25) is 0 Å². The third kappa shape index (κ3) is 10.3. The molecule has 35 heavy (non-hydrogen) atoms. The zero-order valence-electron chi connectivity index (χ0n) is 20.2. The minimum absolute atomic E-state index is 0.890. The van der Waals surface area contributed by atoms with Gasteiger partial charge in [0.05, 0.1) is 0 Å². The van der Waals surface area contributed by atoms with Gasteiger partial charge in [0.15, 0.2) is 0 Å². The highest BCUT2D eigenvalue weighted by molar-refractivity contribution is 8.30. The summed E-state index contributed by atoms with van der Waals surface area (Å²) in [4.78, 5) is 0. The van der Waals surface area contributed by atoms with E-state index in [-0.39, 0.29) is 0 Å². The fourth-order valence-electron chi connectivity index (χ4n) is 5.52. The largest absolute Gasteiger partial charge is 0.690 e. The topological polar surface area (TPSA) is 0 Å². The molecular formula is B35-2. The van der Waals surface area contributed by atoms with Crippen molar-refractivity contribution in [3.05, 3.63) is 0 Å². The molecule has 0 aliphatic carbocycles. The first-order valence-electron chi connectivity index (χ1n) is 11.3. The van der Waals surface area contributed by atoms with Crippen LogP contribution in [0.25, 0.3) is 0 Å². The lowest BCUT2D eigenvalue weighted by molar-refractivity contribution is 3.23. The molecule has 0 aliphatic rings. The van der Waals surface area contributed by atoms with Crippen LogP contribution in [0.4, 0.5) is 0 Å². The van der Waals surface area contributed by atoms with Crippen LogP contribution in [0.3, 0.4) is 0 Å². The van der Waals surface area contributed by atoms with Gasteiger partial charge < -0.3 is 15.5 Å². The van der Waals surface area contributed by atoms with Crippen LogP contribution in [0, 0.1) is 0 Å².